The zero-order chi connectivity index (χ0) is 15.1. The molecule has 0 saturated heterocycles. The molecule has 0 bridgehead atoms. The van der Waals surface area contributed by atoms with Crippen LogP contribution in [0.3, 0.4) is 0 Å². The lowest BCUT2D eigenvalue weighted by molar-refractivity contribution is 0.626. The highest BCUT2D eigenvalue weighted by Gasteiger charge is 2.03. The second-order valence-electron chi connectivity index (χ2n) is 5.18. The molecule has 1 N–H and O–H groups in total. The fourth-order valence-corrected chi connectivity index (χ4v) is 3.15. The molecule has 0 fully saturated rings. The van der Waals surface area contributed by atoms with Gasteiger partial charge in [-0.05, 0) is 60.8 Å². The molecule has 21 heavy (non-hydrogen) atoms. The molecule has 3 heteroatoms. The highest BCUT2D eigenvalue weighted by atomic mass is 32.2. The lowest BCUT2D eigenvalue weighted by Gasteiger charge is -2.08. The van der Waals surface area contributed by atoms with Gasteiger partial charge in [-0.25, -0.2) is 4.39 Å². The Bertz CT molecular complexity index is 583. The summed E-state index contributed by atoms with van der Waals surface area (Å²) >= 11 is 1.76. The van der Waals surface area contributed by atoms with E-state index in [9.17, 15) is 4.39 Å². The van der Waals surface area contributed by atoms with Crippen molar-refractivity contribution in [2.24, 2.45) is 0 Å². The Labute approximate surface area is 131 Å². The Hall–Kier alpha value is -1.32. The SMILES string of the molecule is CCCNCc1cccc(SCc2cc(F)ccc2C)c1. The Kier molecular flexibility index (Phi) is 6.27. The average Bonchev–Trinajstić information content (AvgIpc) is 2.49. The Morgan fingerprint density at radius 3 is 2.81 bits per heavy atom. The molecular formula is C18H22FNS. The molecule has 2 aromatic carbocycles. The van der Waals surface area contributed by atoms with Gasteiger partial charge in [0.05, 0.1) is 0 Å². The van der Waals surface area contributed by atoms with E-state index in [0.29, 0.717) is 0 Å². The first-order valence-corrected chi connectivity index (χ1v) is 8.35. The first-order valence-electron chi connectivity index (χ1n) is 7.36. The van der Waals surface area contributed by atoms with Crippen molar-refractivity contribution in [3.8, 4) is 0 Å². The summed E-state index contributed by atoms with van der Waals surface area (Å²) < 4.78 is 13.3. The maximum absolute atomic E-state index is 13.3. The fourth-order valence-electron chi connectivity index (χ4n) is 2.11. The van der Waals surface area contributed by atoms with Gasteiger partial charge in [0, 0.05) is 17.2 Å². The van der Waals surface area contributed by atoms with Gasteiger partial charge < -0.3 is 5.32 Å². The summed E-state index contributed by atoms with van der Waals surface area (Å²) in [5.41, 5.74) is 3.50. The zero-order valence-electron chi connectivity index (χ0n) is 12.7. The number of hydrogen-bond donors (Lipinski definition) is 1. The van der Waals surface area contributed by atoms with Crippen LogP contribution in [0.15, 0.2) is 47.4 Å². The first kappa shape index (κ1) is 16.1. The largest absolute Gasteiger partial charge is 0.313 e. The van der Waals surface area contributed by atoms with Crippen LogP contribution in [0.4, 0.5) is 4.39 Å². The number of benzene rings is 2. The molecule has 0 radical (unpaired) electrons. The minimum atomic E-state index is -0.159. The zero-order valence-corrected chi connectivity index (χ0v) is 13.5. The van der Waals surface area contributed by atoms with E-state index in [0.717, 1.165) is 36.4 Å². The summed E-state index contributed by atoms with van der Waals surface area (Å²) in [7, 11) is 0. The van der Waals surface area contributed by atoms with Crippen molar-refractivity contribution in [3.63, 3.8) is 0 Å². The second kappa shape index (κ2) is 8.20. The van der Waals surface area contributed by atoms with E-state index in [1.165, 1.54) is 16.5 Å². The van der Waals surface area contributed by atoms with E-state index < -0.39 is 0 Å². The van der Waals surface area contributed by atoms with E-state index in [1.54, 1.807) is 17.8 Å². The minimum absolute atomic E-state index is 0.159. The number of aryl methyl sites for hydroxylation is 1. The van der Waals surface area contributed by atoms with Crippen LogP contribution in [-0.4, -0.2) is 6.54 Å². The van der Waals surface area contributed by atoms with Crippen molar-refractivity contribution in [2.45, 2.75) is 37.5 Å². The monoisotopic (exact) mass is 303 g/mol. The third-order valence-corrected chi connectivity index (χ3v) is 4.40. The molecule has 0 aliphatic rings. The number of hydrogen-bond acceptors (Lipinski definition) is 2. The summed E-state index contributed by atoms with van der Waals surface area (Å²) in [6.07, 6.45) is 1.15. The molecule has 1 nitrogen and oxygen atoms in total. The molecular weight excluding hydrogens is 281 g/mol. The summed E-state index contributed by atoms with van der Waals surface area (Å²) in [6.45, 7) is 6.14. The van der Waals surface area contributed by atoms with Gasteiger partial charge >= 0.3 is 0 Å². The van der Waals surface area contributed by atoms with Crippen molar-refractivity contribution < 1.29 is 4.39 Å². The fraction of sp³-hybridized carbons (Fsp3) is 0.333. The summed E-state index contributed by atoms with van der Waals surface area (Å²) in [5.74, 6) is 0.642. The first-order chi connectivity index (χ1) is 10.2. The van der Waals surface area contributed by atoms with E-state index in [4.69, 9.17) is 0 Å². The van der Waals surface area contributed by atoms with Crippen LogP contribution < -0.4 is 5.32 Å². The highest BCUT2D eigenvalue weighted by molar-refractivity contribution is 7.98. The number of rotatable bonds is 7. The highest BCUT2D eigenvalue weighted by Crippen LogP contribution is 2.25. The Morgan fingerprint density at radius 1 is 1.14 bits per heavy atom. The quantitative estimate of drug-likeness (QED) is 0.575. The lowest BCUT2D eigenvalue weighted by Crippen LogP contribution is -2.13. The molecule has 112 valence electrons. The summed E-state index contributed by atoms with van der Waals surface area (Å²) in [5, 5.41) is 3.41. The Morgan fingerprint density at radius 2 is 2.00 bits per heavy atom. The predicted molar refractivity (Wildman–Crippen MR) is 89.1 cm³/mol. The maximum atomic E-state index is 13.3. The molecule has 0 aliphatic heterocycles. The molecule has 0 aliphatic carbocycles. The molecule has 2 aromatic rings. The maximum Gasteiger partial charge on any atom is 0.123 e. The van der Waals surface area contributed by atoms with Crippen molar-refractivity contribution >= 4 is 11.8 Å². The van der Waals surface area contributed by atoms with Gasteiger partial charge in [0.25, 0.3) is 0 Å². The van der Waals surface area contributed by atoms with E-state index in [-0.39, 0.29) is 5.82 Å². The van der Waals surface area contributed by atoms with Crippen LogP contribution in [0.25, 0.3) is 0 Å². The van der Waals surface area contributed by atoms with Crippen molar-refractivity contribution in [1.29, 1.82) is 0 Å². The standard InChI is InChI=1S/C18H22FNS/c1-3-9-20-12-15-5-4-6-18(10-15)21-13-16-11-17(19)8-7-14(16)2/h4-8,10-11,20H,3,9,12-13H2,1-2H3. The molecule has 0 atom stereocenters. The van der Waals surface area contributed by atoms with E-state index >= 15 is 0 Å². The van der Waals surface area contributed by atoms with Gasteiger partial charge in [0.15, 0.2) is 0 Å². The van der Waals surface area contributed by atoms with Crippen molar-refractivity contribution in [3.05, 3.63) is 65.0 Å². The number of thioether (sulfide) groups is 1. The summed E-state index contributed by atoms with van der Waals surface area (Å²) in [6, 6.07) is 13.5. The molecule has 0 aromatic heterocycles. The van der Waals surface area contributed by atoms with Crippen LogP contribution in [0.2, 0.25) is 0 Å². The predicted octanol–water partition coefficient (Wildman–Crippen LogP) is 4.93. The van der Waals surface area contributed by atoms with Gasteiger partial charge in [0.2, 0.25) is 0 Å². The topological polar surface area (TPSA) is 12.0 Å². The molecule has 0 spiro atoms. The van der Waals surface area contributed by atoms with Crippen LogP contribution >= 0.6 is 11.8 Å². The van der Waals surface area contributed by atoms with Crippen LogP contribution in [0.1, 0.15) is 30.0 Å². The van der Waals surface area contributed by atoms with Gasteiger partial charge in [-0.1, -0.05) is 25.1 Å². The minimum Gasteiger partial charge on any atom is -0.313 e. The van der Waals surface area contributed by atoms with Crippen molar-refractivity contribution in [1.82, 2.24) is 5.32 Å². The van der Waals surface area contributed by atoms with Gasteiger partial charge in [-0.2, -0.15) is 0 Å². The third-order valence-electron chi connectivity index (χ3n) is 3.36. The molecule has 2 rings (SSSR count). The second-order valence-corrected chi connectivity index (χ2v) is 6.23. The molecule has 0 saturated carbocycles. The van der Waals surface area contributed by atoms with E-state index in [1.807, 2.05) is 13.0 Å². The van der Waals surface area contributed by atoms with Crippen LogP contribution in [0.5, 0.6) is 0 Å². The molecule has 0 heterocycles. The van der Waals surface area contributed by atoms with Gasteiger partial charge in [-0.3, -0.25) is 0 Å². The normalized spacial score (nSPS) is 10.8. The van der Waals surface area contributed by atoms with Crippen LogP contribution in [0, 0.1) is 12.7 Å². The Balaban J connectivity index is 1.96. The van der Waals surface area contributed by atoms with Crippen LogP contribution in [-0.2, 0) is 12.3 Å². The molecule has 0 unspecified atom stereocenters. The van der Waals surface area contributed by atoms with E-state index in [2.05, 4.69) is 36.5 Å². The third kappa shape index (κ3) is 5.18. The van der Waals surface area contributed by atoms with Gasteiger partial charge in [-0.15, -0.1) is 11.8 Å². The smallest absolute Gasteiger partial charge is 0.123 e. The van der Waals surface area contributed by atoms with Gasteiger partial charge in [0.1, 0.15) is 5.82 Å². The summed E-state index contributed by atoms with van der Waals surface area (Å²) in [4.78, 5) is 1.23. The molecule has 0 amide bonds. The average molecular weight is 303 g/mol. The number of halogens is 1. The lowest BCUT2D eigenvalue weighted by atomic mass is 10.1. The van der Waals surface area contributed by atoms with Crippen molar-refractivity contribution in [2.75, 3.05) is 6.54 Å². The number of nitrogens with one attached hydrogen (secondary N) is 1.